The van der Waals surface area contributed by atoms with Crippen LogP contribution in [0.15, 0.2) is 18.5 Å². The second-order valence-electron chi connectivity index (χ2n) is 3.17. The van der Waals surface area contributed by atoms with Gasteiger partial charge in [0.25, 0.3) is 0 Å². The molecule has 0 fully saturated rings. The Morgan fingerprint density at radius 3 is 2.69 bits per heavy atom. The molecule has 2 N–H and O–H groups in total. The van der Waals surface area contributed by atoms with E-state index in [-0.39, 0.29) is 0 Å². The van der Waals surface area contributed by atoms with Gasteiger partial charge in [0.2, 0.25) is 0 Å². The van der Waals surface area contributed by atoms with Gasteiger partial charge in [-0.05, 0) is 18.6 Å². The van der Waals surface area contributed by atoms with Crippen LogP contribution in [0.4, 0.5) is 23.7 Å². The van der Waals surface area contributed by atoms with Crippen LogP contribution in [0.1, 0.15) is 5.56 Å². The molecule has 16 heavy (non-hydrogen) atoms. The van der Waals surface area contributed by atoms with Crippen molar-refractivity contribution in [1.29, 1.82) is 0 Å². The Labute approximate surface area is 89.9 Å². The monoisotopic (exact) mass is 233 g/mol. The van der Waals surface area contributed by atoms with Crippen molar-refractivity contribution >= 4 is 11.7 Å². The molecule has 0 atom stereocenters. The van der Waals surface area contributed by atoms with Gasteiger partial charge in [0, 0.05) is 6.20 Å². The molecule has 1 aromatic heterocycles. The van der Waals surface area contributed by atoms with Gasteiger partial charge < -0.3 is 10.6 Å². The van der Waals surface area contributed by atoms with Crippen molar-refractivity contribution in [3.05, 3.63) is 24.0 Å². The van der Waals surface area contributed by atoms with Crippen molar-refractivity contribution < 1.29 is 18.0 Å². The van der Waals surface area contributed by atoms with Crippen molar-refractivity contribution in [1.82, 2.24) is 10.3 Å². The van der Waals surface area contributed by atoms with E-state index in [0.717, 1.165) is 5.56 Å². The lowest BCUT2D eigenvalue weighted by Gasteiger charge is -2.09. The summed E-state index contributed by atoms with van der Waals surface area (Å²) < 4.78 is 35.3. The zero-order valence-corrected chi connectivity index (χ0v) is 8.43. The Hall–Kier alpha value is -1.79. The number of halogens is 3. The fraction of sp³-hybridized carbons (Fsp3) is 0.333. The molecule has 0 aliphatic rings. The predicted molar refractivity (Wildman–Crippen MR) is 52.1 cm³/mol. The molecule has 1 aromatic rings. The van der Waals surface area contributed by atoms with Crippen LogP contribution in [0.3, 0.4) is 0 Å². The Balaban J connectivity index is 2.46. The molecule has 1 heterocycles. The smallest absolute Gasteiger partial charge is 0.329 e. The van der Waals surface area contributed by atoms with Crippen LogP contribution in [0.5, 0.6) is 0 Å². The minimum absolute atomic E-state index is 0.347. The second kappa shape index (κ2) is 4.82. The molecule has 0 spiro atoms. The highest BCUT2D eigenvalue weighted by Crippen LogP contribution is 2.12. The van der Waals surface area contributed by atoms with Gasteiger partial charge in [-0.1, -0.05) is 0 Å². The normalized spacial score (nSPS) is 11.0. The van der Waals surface area contributed by atoms with Crippen molar-refractivity contribution in [3.8, 4) is 0 Å². The fourth-order valence-corrected chi connectivity index (χ4v) is 0.979. The first kappa shape index (κ1) is 12.3. The van der Waals surface area contributed by atoms with E-state index in [2.05, 4.69) is 10.3 Å². The maximum absolute atomic E-state index is 11.8. The zero-order chi connectivity index (χ0) is 12.2. The summed E-state index contributed by atoms with van der Waals surface area (Å²) in [5, 5.41) is 3.93. The van der Waals surface area contributed by atoms with Crippen molar-refractivity contribution in [2.24, 2.45) is 0 Å². The standard InChI is InChI=1S/C9H10F3N3O/c1-6-2-7(4-13-3-6)15-8(16)14-5-9(10,11)12/h2-4H,5H2,1H3,(H2,14,15,16). The Morgan fingerprint density at radius 2 is 2.12 bits per heavy atom. The Morgan fingerprint density at radius 1 is 1.44 bits per heavy atom. The summed E-state index contributed by atoms with van der Waals surface area (Å²) in [6, 6.07) is 0.685. The number of amides is 2. The van der Waals surface area contributed by atoms with E-state index >= 15 is 0 Å². The summed E-state index contributed by atoms with van der Waals surface area (Å²) in [4.78, 5) is 14.8. The number of nitrogens with zero attached hydrogens (tertiary/aromatic N) is 1. The van der Waals surface area contributed by atoms with Gasteiger partial charge in [-0.2, -0.15) is 13.2 Å². The van der Waals surface area contributed by atoms with Gasteiger partial charge in [0.05, 0.1) is 11.9 Å². The van der Waals surface area contributed by atoms with Gasteiger partial charge >= 0.3 is 12.2 Å². The number of carbonyl (C=O) groups excluding carboxylic acids is 1. The van der Waals surface area contributed by atoms with Crippen LogP contribution >= 0.6 is 0 Å². The lowest BCUT2D eigenvalue weighted by Crippen LogP contribution is -2.36. The third-order valence-electron chi connectivity index (χ3n) is 1.58. The molecule has 2 amide bonds. The lowest BCUT2D eigenvalue weighted by molar-refractivity contribution is -0.122. The summed E-state index contributed by atoms with van der Waals surface area (Å²) in [5.74, 6) is 0. The first-order chi connectivity index (χ1) is 7.37. The maximum Gasteiger partial charge on any atom is 0.405 e. The van der Waals surface area contributed by atoms with E-state index in [4.69, 9.17) is 0 Å². The third kappa shape index (κ3) is 4.63. The van der Waals surface area contributed by atoms with Gasteiger partial charge in [0.1, 0.15) is 6.54 Å². The molecular weight excluding hydrogens is 223 g/mol. The molecule has 88 valence electrons. The SMILES string of the molecule is Cc1cncc(NC(=O)NCC(F)(F)F)c1. The van der Waals surface area contributed by atoms with Crippen LogP contribution in [0.2, 0.25) is 0 Å². The van der Waals surface area contributed by atoms with Gasteiger partial charge in [-0.15, -0.1) is 0 Å². The molecular formula is C9H10F3N3O. The van der Waals surface area contributed by atoms with Gasteiger partial charge in [0.15, 0.2) is 0 Å². The van der Waals surface area contributed by atoms with Crippen LogP contribution in [-0.4, -0.2) is 23.7 Å². The quantitative estimate of drug-likeness (QED) is 0.821. The highest BCUT2D eigenvalue weighted by atomic mass is 19.4. The van der Waals surface area contributed by atoms with E-state index < -0.39 is 18.8 Å². The van der Waals surface area contributed by atoms with Crippen molar-refractivity contribution in [2.45, 2.75) is 13.1 Å². The lowest BCUT2D eigenvalue weighted by atomic mass is 10.3. The predicted octanol–water partition coefficient (Wildman–Crippen LogP) is 2.07. The molecule has 0 aliphatic carbocycles. The summed E-state index contributed by atoms with van der Waals surface area (Å²) >= 11 is 0. The maximum atomic E-state index is 11.8. The average Bonchev–Trinajstić information content (AvgIpc) is 2.14. The number of urea groups is 1. The molecule has 0 aromatic carbocycles. The largest absolute Gasteiger partial charge is 0.405 e. The van der Waals surface area contributed by atoms with E-state index in [0.29, 0.717) is 5.69 Å². The number of aryl methyl sites for hydroxylation is 1. The molecule has 1 rings (SSSR count). The van der Waals surface area contributed by atoms with E-state index in [1.807, 2.05) is 0 Å². The number of hydrogen-bond acceptors (Lipinski definition) is 2. The summed E-state index contributed by atoms with van der Waals surface area (Å²) in [7, 11) is 0. The van der Waals surface area contributed by atoms with E-state index in [9.17, 15) is 18.0 Å². The number of anilines is 1. The first-order valence-electron chi connectivity index (χ1n) is 4.40. The van der Waals surface area contributed by atoms with Gasteiger partial charge in [-0.3, -0.25) is 4.98 Å². The Kier molecular flexibility index (Phi) is 3.70. The molecule has 0 radical (unpaired) electrons. The number of pyridine rings is 1. The van der Waals surface area contributed by atoms with Crippen LogP contribution in [-0.2, 0) is 0 Å². The molecule has 0 aliphatic heterocycles. The number of alkyl halides is 3. The summed E-state index contributed by atoms with van der Waals surface area (Å²) in [6.45, 7) is 0.393. The number of hydrogen-bond donors (Lipinski definition) is 2. The molecule has 4 nitrogen and oxygen atoms in total. The molecule has 7 heteroatoms. The third-order valence-corrected chi connectivity index (χ3v) is 1.58. The highest BCUT2D eigenvalue weighted by Gasteiger charge is 2.27. The number of rotatable bonds is 2. The van der Waals surface area contributed by atoms with Crippen molar-refractivity contribution in [2.75, 3.05) is 11.9 Å². The minimum atomic E-state index is -4.41. The summed E-state index contributed by atoms with van der Waals surface area (Å²) in [6.07, 6.45) is -1.50. The molecule has 0 saturated carbocycles. The van der Waals surface area contributed by atoms with E-state index in [1.165, 1.54) is 6.20 Å². The summed E-state index contributed by atoms with van der Waals surface area (Å²) in [5.41, 5.74) is 1.15. The van der Waals surface area contributed by atoms with Crippen LogP contribution < -0.4 is 10.6 Å². The molecule has 0 unspecified atom stereocenters. The number of aromatic nitrogens is 1. The van der Waals surface area contributed by atoms with Crippen molar-refractivity contribution in [3.63, 3.8) is 0 Å². The van der Waals surface area contributed by atoms with Crippen LogP contribution in [0.25, 0.3) is 0 Å². The molecule has 0 saturated heterocycles. The van der Waals surface area contributed by atoms with E-state index in [1.54, 1.807) is 24.5 Å². The topological polar surface area (TPSA) is 54.0 Å². The first-order valence-corrected chi connectivity index (χ1v) is 4.40. The minimum Gasteiger partial charge on any atom is -0.329 e. The Bertz CT molecular complexity index is 379. The zero-order valence-electron chi connectivity index (χ0n) is 8.43. The highest BCUT2D eigenvalue weighted by molar-refractivity contribution is 5.89. The fourth-order valence-electron chi connectivity index (χ4n) is 0.979. The average molecular weight is 233 g/mol. The number of nitrogens with one attached hydrogen (secondary N) is 2. The van der Waals surface area contributed by atoms with Crippen LogP contribution in [0, 0.1) is 6.92 Å². The second-order valence-corrected chi connectivity index (χ2v) is 3.17. The molecule has 0 bridgehead atoms. The number of carbonyl (C=O) groups is 1. The van der Waals surface area contributed by atoms with Gasteiger partial charge in [-0.25, -0.2) is 4.79 Å².